The molecule has 7 nitrogen and oxygen atoms in total. The van der Waals surface area contributed by atoms with Crippen molar-refractivity contribution in [3.63, 3.8) is 0 Å². The Kier molecular flexibility index (Phi) is 3.73. The van der Waals surface area contributed by atoms with E-state index in [0.29, 0.717) is 30.2 Å². The average Bonchev–Trinajstić information content (AvgIpc) is 2.98. The predicted octanol–water partition coefficient (Wildman–Crippen LogP) is 0.783. The first-order valence-corrected chi connectivity index (χ1v) is 5.43. The molecule has 0 aliphatic carbocycles. The molecule has 2 N–H and O–H groups in total. The third-order valence-electron chi connectivity index (χ3n) is 2.43. The van der Waals surface area contributed by atoms with E-state index < -0.39 is 5.97 Å². The van der Waals surface area contributed by atoms with Crippen molar-refractivity contribution in [1.82, 2.24) is 20.5 Å². The molecule has 18 heavy (non-hydrogen) atoms. The van der Waals surface area contributed by atoms with Crippen molar-refractivity contribution in [3.8, 4) is 0 Å². The minimum absolute atomic E-state index is 0.391. The van der Waals surface area contributed by atoms with Gasteiger partial charge in [0.1, 0.15) is 29.2 Å². The van der Waals surface area contributed by atoms with Gasteiger partial charge >= 0.3 is 5.97 Å². The van der Waals surface area contributed by atoms with Gasteiger partial charge in [-0.25, -0.2) is 9.78 Å². The Hall–Kier alpha value is -2.15. The number of carbonyl (C=O) groups excluding carboxylic acids is 1. The van der Waals surface area contributed by atoms with Crippen LogP contribution < -0.4 is 5.32 Å². The highest BCUT2D eigenvalue weighted by Gasteiger charge is 2.14. The van der Waals surface area contributed by atoms with Crippen molar-refractivity contribution in [2.45, 2.75) is 20.0 Å². The zero-order chi connectivity index (χ0) is 13.0. The molecule has 7 heteroatoms. The number of aryl methyl sites for hydroxylation is 1. The fraction of sp³-hybridized carbons (Fsp3) is 0.364. The van der Waals surface area contributed by atoms with Crippen molar-refractivity contribution in [3.05, 3.63) is 35.3 Å². The molecule has 0 saturated heterocycles. The second kappa shape index (κ2) is 5.46. The fourth-order valence-corrected chi connectivity index (χ4v) is 1.56. The smallest absolute Gasteiger partial charge is 0.341 e. The minimum Gasteiger partial charge on any atom is -0.465 e. The zero-order valence-corrected chi connectivity index (χ0v) is 10.2. The maximum Gasteiger partial charge on any atom is 0.341 e. The maximum atomic E-state index is 11.4. The number of nitrogens with zero attached hydrogens (tertiary/aromatic N) is 2. The molecule has 0 unspecified atom stereocenters. The molecule has 0 aliphatic heterocycles. The number of methoxy groups -OCH3 is 1. The summed E-state index contributed by atoms with van der Waals surface area (Å²) in [6.45, 7) is 2.78. The summed E-state index contributed by atoms with van der Waals surface area (Å²) in [4.78, 5) is 15.4. The van der Waals surface area contributed by atoms with E-state index in [1.807, 2.05) is 0 Å². The number of carbonyl (C=O) groups is 1. The third-order valence-corrected chi connectivity index (χ3v) is 2.43. The summed E-state index contributed by atoms with van der Waals surface area (Å²) in [5.74, 6) is 1.58. The number of H-pyrrole nitrogens is 1. The van der Waals surface area contributed by atoms with Crippen LogP contribution in [0.5, 0.6) is 0 Å². The van der Waals surface area contributed by atoms with Crippen LogP contribution >= 0.6 is 0 Å². The number of hydrogen-bond donors (Lipinski definition) is 2. The summed E-state index contributed by atoms with van der Waals surface area (Å²) < 4.78 is 10.1. The largest absolute Gasteiger partial charge is 0.465 e. The lowest BCUT2D eigenvalue weighted by molar-refractivity contribution is 0.0599. The summed E-state index contributed by atoms with van der Waals surface area (Å²) in [5.41, 5.74) is 0.453. The Labute approximate surface area is 104 Å². The van der Waals surface area contributed by atoms with Crippen LogP contribution in [0.15, 0.2) is 16.8 Å². The number of hydrogen-bond acceptors (Lipinski definition) is 6. The summed E-state index contributed by atoms with van der Waals surface area (Å²) in [5, 5.41) is 9.60. The Morgan fingerprint density at radius 3 is 3.06 bits per heavy atom. The van der Waals surface area contributed by atoms with Crippen molar-refractivity contribution >= 4 is 5.97 Å². The van der Waals surface area contributed by atoms with Crippen molar-refractivity contribution in [2.75, 3.05) is 7.11 Å². The second-order valence-corrected chi connectivity index (χ2v) is 3.71. The van der Waals surface area contributed by atoms with Crippen LogP contribution in [0.25, 0.3) is 0 Å². The first-order valence-electron chi connectivity index (χ1n) is 5.43. The molecule has 0 amide bonds. The molecule has 2 heterocycles. The van der Waals surface area contributed by atoms with Crippen LogP contribution in [0.2, 0.25) is 0 Å². The molecule has 0 radical (unpaired) electrons. The van der Waals surface area contributed by atoms with Crippen LogP contribution in [0, 0.1) is 6.92 Å². The van der Waals surface area contributed by atoms with E-state index in [9.17, 15) is 4.79 Å². The second-order valence-electron chi connectivity index (χ2n) is 3.71. The number of rotatable bonds is 5. The van der Waals surface area contributed by atoms with Gasteiger partial charge in [-0.3, -0.25) is 5.10 Å². The lowest BCUT2D eigenvalue weighted by atomic mass is 10.2. The van der Waals surface area contributed by atoms with E-state index >= 15 is 0 Å². The molecular formula is C11H14N4O3. The highest BCUT2D eigenvalue weighted by Crippen LogP contribution is 2.15. The maximum absolute atomic E-state index is 11.4. The standard InChI is InChI=1S/C11H14N4O3/c1-7-9(11(16)17-2)3-8(18-7)4-12-5-10-13-6-14-15-10/h3,6,12H,4-5H2,1-2H3,(H,13,14,15). The molecule has 96 valence electrons. The van der Waals surface area contributed by atoms with Crippen molar-refractivity contribution in [2.24, 2.45) is 0 Å². The normalized spacial score (nSPS) is 10.6. The van der Waals surface area contributed by atoms with E-state index in [1.165, 1.54) is 13.4 Å². The van der Waals surface area contributed by atoms with Crippen LogP contribution in [0.1, 0.15) is 27.7 Å². The predicted molar refractivity (Wildman–Crippen MR) is 61.7 cm³/mol. The number of nitrogens with one attached hydrogen (secondary N) is 2. The molecule has 2 aromatic heterocycles. The summed E-state index contributed by atoms with van der Waals surface area (Å²) >= 11 is 0. The summed E-state index contributed by atoms with van der Waals surface area (Å²) in [6.07, 6.45) is 1.45. The molecular weight excluding hydrogens is 236 g/mol. The van der Waals surface area contributed by atoms with Gasteiger partial charge in [-0.05, 0) is 13.0 Å². The monoisotopic (exact) mass is 250 g/mol. The van der Waals surface area contributed by atoms with Gasteiger partial charge in [0.15, 0.2) is 0 Å². The summed E-state index contributed by atoms with van der Waals surface area (Å²) in [7, 11) is 1.34. The molecule has 0 spiro atoms. The van der Waals surface area contributed by atoms with Crippen LogP contribution in [-0.2, 0) is 17.8 Å². The fourth-order valence-electron chi connectivity index (χ4n) is 1.56. The minimum atomic E-state index is -0.391. The Balaban J connectivity index is 1.92. The van der Waals surface area contributed by atoms with Gasteiger partial charge in [0.05, 0.1) is 20.2 Å². The van der Waals surface area contributed by atoms with Crippen molar-refractivity contribution < 1.29 is 13.9 Å². The van der Waals surface area contributed by atoms with Gasteiger partial charge in [-0.1, -0.05) is 0 Å². The first-order chi connectivity index (χ1) is 8.70. The Bertz CT molecular complexity index is 518. The SMILES string of the molecule is COC(=O)c1cc(CNCc2ncn[nH]2)oc1C. The lowest BCUT2D eigenvalue weighted by Gasteiger charge is -1.98. The van der Waals surface area contributed by atoms with Gasteiger partial charge in [0.2, 0.25) is 0 Å². The van der Waals surface area contributed by atoms with Gasteiger partial charge < -0.3 is 14.5 Å². The highest BCUT2D eigenvalue weighted by molar-refractivity contribution is 5.90. The number of aromatic amines is 1. The van der Waals surface area contributed by atoms with Gasteiger partial charge in [-0.15, -0.1) is 0 Å². The zero-order valence-electron chi connectivity index (χ0n) is 10.2. The molecule has 0 bridgehead atoms. The molecule has 2 rings (SSSR count). The van der Waals surface area contributed by atoms with E-state index in [4.69, 9.17) is 4.42 Å². The molecule has 0 aromatic carbocycles. The third kappa shape index (κ3) is 2.75. The van der Waals surface area contributed by atoms with E-state index in [1.54, 1.807) is 13.0 Å². The van der Waals surface area contributed by atoms with E-state index in [-0.39, 0.29) is 0 Å². The number of furan rings is 1. The van der Waals surface area contributed by atoms with Gasteiger partial charge in [0.25, 0.3) is 0 Å². The quantitative estimate of drug-likeness (QED) is 0.762. The number of ether oxygens (including phenoxy) is 1. The molecule has 0 fully saturated rings. The van der Waals surface area contributed by atoms with Gasteiger partial charge in [0, 0.05) is 0 Å². The average molecular weight is 250 g/mol. The topological polar surface area (TPSA) is 93.0 Å². The van der Waals surface area contributed by atoms with E-state index in [2.05, 4.69) is 25.2 Å². The molecule has 0 saturated carbocycles. The number of esters is 1. The number of aromatic nitrogens is 3. The van der Waals surface area contributed by atoms with Crippen molar-refractivity contribution in [1.29, 1.82) is 0 Å². The van der Waals surface area contributed by atoms with Gasteiger partial charge in [-0.2, -0.15) is 5.10 Å². The lowest BCUT2D eigenvalue weighted by Crippen LogP contribution is -2.13. The molecule has 2 aromatic rings. The highest BCUT2D eigenvalue weighted by atomic mass is 16.5. The van der Waals surface area contributed by atoms with E-state index in [0.717, 1.165) is 5.82 Å². The van der Waals surface area contributed by atoms with Crippen LogP contribution in [0.3, 0.4) is 0 Å². The Morgan fingerprint density at radius 2 is 2.39 bits per heavy atom. The first kappa shape index (κ1) is 12.3. The Morgan fingerprint density at radius 1 is 1.56 bits per heavy atom. The van der Waals surface area contributed by atoms with Crippen LogP contribution in [0.4, 0.5) is 0 Å². The van der Waals surface area contributed by atoms with Crippen LogP contribution in [-0.4, -0.2) is 28.3 Å². The molecule has 0 atom stereocenters. The molecule has 0 aliphatic rings. The summed E-state index contributed by atoms with van der Waals surface area (Å²) in [6, 6.07) is 1.68.